The highest BCUT2D eigenvalue weighted by Gasteiger charge is 2.40. The van der Waals surface area contributed by atoms with Gasteiger partial charge in [-0.1, -0.05) is 6.08 Å². The van der Waals surface area contributed by atoms with Gasteiger partial charge in [-0.3, -0.25) is 10.1 Å². The number of hydrogen-bond acceptors (Lipinski definition) is 9. The second-order valence-corrected chi connectivity index (χ2v) is 10.6. The maximum absolute atomic E-state index is 14.3. The Kier molecular flexibility index (Phi) is 8.28. The van der Waals surface area contributed by atoms with Gasteiger partial charge >= 0.3 is 12.3 Å². The van der Waals surface area contributed by atoms with Crippen molar-refractivity contribution in [1.29, 1.82) is 0 Å². The van der Waals surface area contributed by atoms with Crippen LogP contribution in [-0.2, 0) is 15.7 Å². The zero-order valence-corrected chi connectivity index (χ0v) is 22.1. The van der Waals surface area contributed by atoms with Crippen LogP contribution < -0.4 is 10.2 Å². The van der Waals surface area contributed by atoms with E-state index in [4.69, 9.17) is 13.9 Å². The summed E-state index contributed by atoms with van der Waals surface area (Å²) in [4.78, 5) is 31.4. The lowest BCUT2D eigenvalue weighted by atomic mass is 9.95. The van der Waals surface area contributed by atoms with Crippen molar-refractivity contribution in [2.45, 2.75) is 70.7 Å². The summed E-state index contributed by atoms with van der Waals surface area (Å²) in [7, 11) is 0. The molecule has 2 aliphatic rings. The molecule has 1 amide bonds. The summed E-state index contributed by atoms with van der Waals surface area (Å²) in [5.41, 5.74) is -2.49. The molecule has 0 aliphatic carbocycles. The van der Waals surface area contributed by atoms with E-state index in [2.05, 4.69) is 27.1 Å². The maximum atomic E-state index is 14.3. The van der Waals surface area contributed by atoms with E-state index in [1.165, 1.54) is 0 Å². The van der Waals surface area contributed by atoms with Gasteiger partial charge in [0.2, 0.25) is 5.78 Å². The van der Waals surface area contributed by atoms with Gasteiger partial charge in [0.25, 0.3) is 11.8 Å². The van der Waals surface area contributed by atoms with Crippen molar-refractivity contribution < 1.29 is 36.7 Å². The van der Waals surface area contributed by atoms with E-state index in [1.807, 2.05) is 0 Å². The number of nitrogens with zero attached hydrogens (tertiary/aromatic N) is 4. The number of nitrogens with one attached hydrogen (secondary N) is 1. The standard InChI is InChI=1S/C26H32F3N5O5/c1-5-7-16-8-6-11-34(16)21-17(26(27,28)29)14-18(30-24(36)39-25(2,3)4)19(31-21)22-32-33-23(38-22)20(35)15-9-12-37-13-10-15/h5,14-16H,1,6-13H2,2-4H3,(H,30,36)/t16-/m1/s1. The smallest absolute Gasteiger partial charge is 0.420 e. The monoisotopic (exact) mass is 551 g/mol. The van der Waals surface area contributed by atoms with Crippen molar-refractivity contribution in [3.63, 3.8) is 0 Å². The van der Waals surface area contributed by atoms with Crippen molar-refractivity contribution in [3.05, 3.63) is 30.2 Å². The molecule has 2 aromatic heterocycles. The average Bonchev–Trinajstić information content (AvgIpc) is 3.52. The summed E-state index contributed by atoms with van der Waals surface area (Å²) in [5, 5.41) is 10.1. The third kappa shape index (κ3) is 6.75. The molecule has 0 spiro atoms. The lowest BCUT2D eigenvalue weighted by molar-refractivity contribution is -0.137. The summed E-state index contributed by atoms with van der Waals surface area (Å²) in [6.45, 7) is 9.78. The van der Waals surface area contributed by atoms with Crippen molar-refractivity contribution in [2.75, 3.05) is 30.0 Å². The summed E-state index contributed by atoms with van der Waals surface area (Å²) in [6.07, 6.45) is -1.33. The van der Waals surface area contributed by atoms with E-state index in [1.54, 1.807) is 31.7 Å². The zero-order valence-electron chi connectivity index (χ0n) is 22.1. The van der Waals surface area contributed by atoms with Crippen LogP contribution in [0.4, 0.5) is 29.5 Å². The van der Waals surface area contributed by atoms with E-state index >= 15 is 0 Å². The molecule has 1 atom stereocenters. The topological polar surface area (TPSA) is 120 Å². The first kappa shape index (κ1) is 28.5. The van der Waals surface area contributed by atoms with Crippen LogP contribution in [0.5, 0.6) is 0 Å². The molecule has 10 nitrogen and oxygen atoms in total. The largest absolute Gasteiger partial charge is 0.444 e. The molecule has 39 heavy (non-hydrogen) atoms. The molecule has 4 rings (SSSR count). The highest BCUT2D eigenvalue weighted by atomic mass is 19.4. The number of alkyl halides is 3. The number of halogens is 3. The van der Waals surface area contributed by atoms with Gasteiger partial charge in [-0.2, -0.15) is 13.2 Å². The number of carbonyl (C=O) groups excluding carboxylic acids is 2. The molecule has 2 fully saturated rings. The van der Waals surface area contributed by atoms with Crippen LogP contribution >= 0.6 is 0 Å². The minimum absolute atomic E-state index is 0.202. The number of pyridine rings is 1. The molecule has 212 valence electrons. The molecular weight excluding hydrogens is 519 g/mol. The van der Waals surface area contributed by atoms with Crippen LogP contribution in [0.2, 0.25) is 0 Å². The highest BCUT2D eigenvalue weighted by molar-refractivity contribution is 5.94. The summed E-state index contributed by atoms with van der Waals surface area (Å²) >= 11 is 0. The number of ether oxygens (including phenoxy) is 2. The fraction of sp³-hybridized carbons (Fsp3) is 0.577. The van der Waals surface area contributed by atoms with Gasteiger partial charge in [0, 0.05) is 31.7 Å². The first-order valence-electron chi connectivity index (χ1n) is 12.8. The van der Waals surface area contributed by atoms with Gasteiger partial charge in [-0.15, -0.1) is 16.8 Å². The number of rotatable bonds is 7. The van der Waals surface area contributed by atoms with Crippen LogP contribution in [0.1, 0.15) is 69.1 Å². The van der Waals surface area contributed by atoms with Crippen LogP contribution in [-0.4, -0.2) is 58.5 Å². The van der Waals surface area contributed by atoms with Crippen LogP contribution in [0.3, 0.4) is 0 Å². The van der Waals surface area contributed by atoms with Gasteiger partial charge in [-0.05, 0) is 58.9 Å². The molecule has 13 heteroatoms. The fourth-order valence-corrected chi connectivity index (χ4v) is 4.71. The Balaban J connectivity index is 1.80. The van der Waals surface area contributed by atoms with Crippen molar-refractivity contribution in [2.24, 2.45) is 5.92 Å². The molecule has 1 N–H and O–H groups in total. The third-order valence-corrected chi connectivity index (χ3v) is 6.46. The summed E-state index contributed by atoms with van der Waals surface area (Å²) in [5.74, 6) is -1.66. The van der Waals surface area contributed by atoms with Gasteiger partial charge in [0.1, 0.15) is 17.0 Å². The molecule has 2 aliphatic heterocycles. The van der Waals surface area contributed by atoms with E-state index in [9.17, 15) is 22.8 Å². The minimum Gasteiger partial charge on any atom is -0.444 e. The molecule has 0 radical (unpaired) electrons. The average molecular weight is 552 g/mol. The number of hydrogen-bond donors (Lipinski definition) is 1. The Hall–Kier alpha value is -3.48. The summed E-state index contributed by atoms with van der Waals surface area (Å²) < 4.78 is 59.1. The van der Waals surface area contributed by atoms with E-state index in [-0.39, 0.29) is 46.7 Å². The maximum Gasteiger partial charge on any atom is 0.420 e. The number of Topliss-reactive ketones (excluding diaryl/α,β-unsaturated/α-hetero) is 1. The molecule has 0 unspecified atom stereocenters. The quantitative estimate of drug-likeness (QED) is 0.344. The number of ketones is 1. The van der Waals surface area contributed by atoms with Crippen LogP contribution in [0.25, 0.3) is 11.6 Å². The number of anilines is 2. The Bertz CT molecular complexity index is 1220. The highest BCUT2D eigenvalue weighted by Crippen LogP contribution is 2.42. The van der Waals surface area contributed by atoms with E-state index in [0.29, 0.717) is 51.9 Å². The fourth-order valence-electron chi connectivity index (χ4n) is 4.71. The molecule has 0 saturated carbocycles. The SMILES string of the molecule is C=CC[C@@H]1CCCN1c1nc(-c2nnc(C(=O)C3CCOCC3)o2)c(NC(=O)OC(C)(C)C)cc1C(F)(F)F. The first-order valence-corrected chi connectivity index (χ1v) is 12.8. The predicted molar refractivity (Wildman–Crippen MR) is 135 cm³/mol. The van der Waals surface area contributed by atoms with Gasteiger partial charge in [0.05, 0.1) is 5.69 Å². The number of amides is 1. The van der Waals surface area contributed by atoms with Crippen molar-refractivity contribution >= 4 is 23.4 Å². The lowest BCUT2D eigenvalue weighted by Gasteiger charge is -2.28. The van der Waals surface area contributed by atoms with Crippen molar-refractivity contribution in [3.8, 4) is 11.6 Å². The number of carbonyl (C=O) groups is 2. The van der Waals surface area contributed by atoms with Gasteiger partial charge < -0.3 is 18.8 Å². The van der Waals surface area contributed by atoms with E-state index in [0.717, 1.165) is 6.07 Å². The van der Waals surface area contributed by atoms with Crippen LogP contribution in [0, 0.1) is 5.92 Å². The normalized spacial score (nSPS) is 18.7. The van der Waals surface area contributed by atoms with Crippen molar-refractivity contribution in [1.82, 2.24) is 15.2 Å². The second-order valence-electron chi connectivity index (χ2n) is 10.6. The predicted octanol–water partition coefficient (Wildman–Crippen LogP) is 5.65. The Labute approximate surface area is 223 Å². The molecule has 2 saturated heterocycles. The van der Waals surface area contributed by atoms with Gasteiger partial charge in [-0.25, -0.2) is 9.78 Å². The van der Waals surface area contributed by atoms with E-state index < -0.39 is 23.4 Å². The zero-order chi connectivity index (χ0) is 28.4. The molecular formula is C26H32F3N5O5. The first-order chi connectivity index (χ1) is 18.4. The Morgan fingerprint density at radius 1 is 1.21 bits per heavy atom. The van der Waals surface area contributed by atoms with Gasteiger partial charge in [0.15, 0.2) is 5.69 Å². The number of aromatic nitrogens is 3. The molecule has 2 aromatic rings. The Morgan fingerprint density at radius 3 is 2.56 bits per heavy atom. The molecule has 0 bridgehead atoms. The Morgan fingerprint density at radius 2 is 1.92 bits per heavy atom. The molecule has 4 heterocycles. The molecule has 0 aromatic carbocycles. The lowest BCUT2D eigenvalue weighted by Crippen LogP contribution is -2.32. The summed E-state index contributed by atoms with van der Waals surface area (Å²) in [6, 6.07) is 0.552. The van der Waals surface area contributed by atoms with Crippen LogP contribution in [0.15, 0.2) is 23.1 Å². The minimum atomic E-state index is -4.79. The third-order valence-electron chi connectivity index (χ3n) is 6.46. The second kappa shape index (κ2) is 11.3.